The van der Waals surface area contributed by atoms with Crippen molar-refractivity contribution in [1.29, 1.82) is 0 Å². The van der Waals surface area contributed by atoms with Crippen LogP contribution in [0, 0.1) is 5.82 Å². The lowest BCUT2D eigenvalue weighted by Gasteiger charge is -2.27. The normalized spacial score (nSPS) is 16.6. The summed E-state index contributed by atoms with van der Waals surface area (Å²) in [4.78, 5) is 14.6. The third kappa shape index (κ3) is 4.87. The fourth-order valence-corrected chi connectivity index (χ4v) is 2.70. The Bertz CT molecular complexity index is 696. The number of nitrogens with zero attached hydrogens (tertiary/aromatic N) is 2. The van der Waals surface area contributed by atoms with E-state index in [2.05, 4.69) is 15.4 Å². The SMILES string of the molecule is CC(CCN1CCOCC1)NC(=O)c1cc(-c2ccc(F)cc2)on1. The van der Waals surface area contributed by atoms with Crippen molar-refractivity contribution in [2.75, 3.05) is 32.8 Å². The lowest BCUT2D eigenvalue weighted by atomic mass is 10.1. The molecule has 0 saturated carbocycles. The number of aromatic nitrogens is 1. The molecule has 7 heteroatoms. The average Bonchev–Trinajstić information content (AvgIpc) is 3.12. The van der Waals surface area contributed by atoms with Crippen LogP contribution in [0.3, 0.4) is 0 Å². The molecule has 1 amide bonds. The van der Waals surface area contributed by atoms with Gasteiger partial charge in [-0.05, 0) is 37.6 Å². The van der Waals surface area contributed by atoms with Gasteiger partial charge in [0.2, 0.25) is 0 Å². The second-order valence-corrected chi connectivity index (χ2v) is 6.20. The highest BCUT2D eigenvalue weighted by Crippen LogP contribution is 2.20. The summed E-state index contributed by atoms with van der Waals surface area (Å²) >= 11 is 0. The summed E-state index contributed by atoms with van der Waals surface area (Å²) in [6, 6.07) is 7.44. The molecule has 1 N–H and O–H groups in total. The molecule has 0 bridgehead atoms. The number of amides is 1. The zero-order valence-corrected chi connectivity index (χ0v) is 14.2. The summed E-state index contributed by atoms with van der Waals surface area (Å²) < 4.78 is 23.5. The number of morpholine rings is 1. The Balaban J connectivity index is 1.51. The Hall–Kier alpha value is -2.25. The quantitative estimate of drug-likeness (QED) is 0.869. The average molecular weight is 347 g/mol. The molecule has 0 radical (unpaired) electrons. The summed E-state index contributed by atoms with van der Waals surface area (Å²) in [6.07, 6.45) is 0.856. The molecule has 134 valence electrons. The van der Waals surface area contributed by atoms with Gasteiger partial charge in [0.15, 0.2) is 11.5 Å². The molecule has 2 aromatic rings. The number of halogens is 1. The highest BCUT2D eigenvalue weighted by atomic mass is 19.1. The number of nitrogens with one attached hydrogen (secondary N) is 1. The van der Waals surface area contributed by atoms with Crippen molar-refractivity contribution in [2.24, 2.45) is 0 Å². The van der Waals surface area contributed by atoms with Crippen LogP contribution in [0.4, 0.5) is 4.39 Å². The molecule has 1 saturated heterocycles. The maximum Gasteiger partial charge on any atom is 0.273 e. The Morgan fingerprint density at radius 2 is 2.04 bits per heavy atom. The maximum absolute atomic E-state index is 13.0. The van der Waals surface area contributed by atoms with Gasteiger partial charge in [-0.2, -0.15) is 0 Å². The second-order valence-electron chi connectivity index (χ2n) is 6.20. The van der Waals surface area contributed by atoms with Gasteiger partial charge in [-0.25, -0.2) is 4.39 Å². The van der Waals surface area contributed by atoms with Crippen LogP contribution >= 0.6 is 0 Å². The van der Waals surface area contributed by atoms with Crippen molar-refractivity contribution >= 4 is 5.91 Å². The fraction of sp³-hybridized carbons (Fsp3) is 0.444. The zero-order chi connectivity index (χ0) is 17.6. The molecule has 25 heavy (non-hydrogen) atoms. The molecule has 0 aliphatic carbocycles. The number of ether oxygens (including phenoxy) is 1. The first-order valence-electron chi connectivity index (χ1n) is 8.45. The van der Waals surface area contributed by atoms with Crippen molar-refractivity contribution in [3.63, 3.8) is 0 Å². The van der Waals surface area contributed by atoms with Gasteiger partial charge in [0, 0.05) is 37.3 Å². The Labute approximate surface area is 145 Å². The molecule has 1 unspecified atom stereocenters. The summed E-state index contributed by atoms with van der Waals surface area (Å²) in [5, 5.41) is 6.74. The minimum Gasteiger partial charge on any atom is -0.379 e. The molecular weight excluding hydrogens is 325 g/mol. The number of carbonyl (C=O) groups excluding carboxylic acids is 1. The Kier molecular flexibility index (Phi) is 5.78. The summed E-state index contributed by atoms with van der Waals surface area (Å²) in [6.45, 7) is 6.30. The first kappa shape index (κ1) is 17.6. The van der Waals surface area contributed by atoms with Crippen molar-refractivity contribution < 1.29 is 18.4 Å². The Morgan fingerprint density at radius 1 is 1.32 bits per heavy atom. The van der Waals surface area contributed by atoms with Gasteiger partial charge >= 0.3 is 0 Å². The van der Waals surface area contributed by atoms with E-state index in [1.807, 2.05) is 6.92 Å². The minimum absolute atomic E-state index is 0.0290. The first-order valence-corrected chi connectivity index (χ1v) is 8.45. The third-order valence-electron chi connectivity index (χ3n) is 4.23. The summed E-state index contributed by atoms with van der Waals surface area (Å²) in [5.41, 5.74) is 0.894. The summed E-state index contributed by atoms with van der Waals surface area (Å²) in [5.74, 6) is -0.159. The van der Waals surface area contributed by atoms with Crippen molar-refractivity contribution in [2.45, 2.75) is 19.4 Å². The van der Waals surface area contributed by atoms with Crippen LogP contribution in [0.25, 0.3) is 11.3 Å². The highest BCUT2D eigenvalue weighted by molar-refractivity contribution is 5.93. The van der Waals surface area contributed by atoms with Crippen LogP contribution in [0.2, 0.25) is 0 Å². The van der Waals surface area contributed by atoms with Gasteiger partial charge in [0.05, 0.1) is 13.2 Å². The highest BCUT2D eigenvalue weighted by Gasteiger charge is 2.17. The van der Waals surface area contributed by atoms with Crippen molar-refractivity contribution in [3.05, 3.63) is 41.8 Å². The third-order valence-corrected chi connectivity index (χ3v) is 4.23. The molecule has 6 nitrogen and oxygen atoms in total. The van der Waals surface area contributed by atoms with Crippen LogP contribution in [0.15, 0.2) is 34.9 Å². The van der Waals surface area contributed by atoms with Crippen LogP contribution in [0.5, 0.6) is 0 Å². The van der Waals surface area contributed by atoms with E-state index in [0.717, 1.165) is 39.3 Å². The van der Waals surface area contributed by atoms with E-state index < -0.39 is 0 Å². The van der Waals surface area contributed by atoms with Crippen molar-refractivity contribution in [3.8, 4) is 11.3 Å². The van der Waals surface area contributed by atoms with Crippen LogP contribution in [-0.4, -0.2) is 54.9 Å². The fourth-order valence-electron chi connectivity index (χ4n) is 2.70. The monoisotopic (exact) mass is 347 g/mol. The molecule has 1 aromatic carbocycles. The van der Waals surface area contributed by atoms with Gasteiger partial charge in [0.25, 0.3) is 5.91 Å². The smallest absolute Gasteiger partial charge is 0.273 e. The Morgan fingerprint density at radius 3 is 2.76 bits per heavy atom. The lowest BCUT2D eigenvalue weighted by molar-refractivity contribution is 0.0363. The molecule has 1 fully saturated rings. The van der Waals surface area contributed by atoms with Gasteiger partial charge in [-0.15, -0.1) is 0 Å². The number of carbonyl (C=O) groups is 1. The summed E-state index contributed by atoms with van der Waals surface area (Å²) in [7, 11) is 0. The van der Waals surface area contributed by atoms with Gasteiger partial charge in [0.1, 0.15) is 5.82 Å². The van der Waals surface area contributed by atoms with E-state index in [1.165, 1.54) is 12.1 Å². The van der Waals surface area contributed by atoms with E-state index in [4.69, 9.17) is 9.26 Å². The van der Waals surface area contributed by atoms with E-state index in [-0.39, 0.29) is 23.5 Å². The standard InChI is InChI=1S/C18H22FN3O3/c1-13(6-7-22-8-10-24-11-9-22)20-18(23)16-12-17(25-21-16)14-2-4-15(19)5-3-14/h2-5,12-13H,6-11H2,1H3,(H,20,23). The second kappa shape index (κ2) is 8.22. The van der Waals surface area contributed by atoms with E-state index in [9.17, 15) is 9.18 Å². The molecule has 2 heterocycles. The predicted molar refractivity (Wildman–Crippen MR) is 90.7 cm³/mol. The molecular formula is C18H22FN3O3. The number of hydrogen-bond acceptors (Lipinski definition) is 5. The van der Waals surface area contributed by atoms with Gasteiger partial charge in [-0.1, -0.05) is 5.16 Å². The van der Waals surface area contributed by atoms with E-state index in [0.29, 0.717) is 11.3 Å². The van der Waals surface area contributed by atoms with Gasteiger partial charge in [-0.3, -0.25) is 9.69 Å². The molecule has 1 atom stereocenters. The predicted octanol–water partition coefficient (Wildman–Crippen LogP) is 2.32. The van der Waals surface area contributed by atoms with E-state index in [1.54, 1.807) is 18.2 Å². The topological polar surface area (TPSA) is 67.6 Å². The molecule has 1 aromatic heterocycles. The number of rotatable bonds is 6. The number of benzene rings is 1. The molecule has 3 rings (SSSR count). The first-order chi connectivity index (χ1) is 12.1. The molecule has 0 spiro atoms. The number of hydrogen-bond donors (Lipinski definition) is 1. The van der Waals surface area contributed by atoms with E-state index >= 15 is 0 Å². The van der Waals surface area contributed by atoms with Crippen LogP contribution < -0.4 is 5.32 Å². The molecule has 1 aliphatic heterocycles. The van der Waals surface area contributed by atoms with Crippen LogP contribution in [0.1, 0.15) is 23.8 Å². The van der Waals surface area contributed by atoms with Gasteiger partial charge < -0.3 is 14.6 Å². The molecule has 1 aliphatic rings. The maximum atomic E-state index is 13.0. The minimum atomic E-state index is -0.324. The zero-order valence-electron chi connectivity index (χ0n) is 14.2. The lowest BCUT2D eigenvalue weighted by Crippen LogP contribution is -2.40. The van der Waals surface area contributed by atoms with Crippen molar-refractivity contribution in [1.82, 2.24) is 15.4 Å². The van der Waals surface area contributed by atoms with Crippen LogP contribution in [-0.2, 0) is 4.74 Å². The largest absolute Gasteiger partial charge is 0.379 e.